The van der Waals surface area contributed by atoms with Crippen molar-refractivity contribution < 1.29 is 19.4 Å². The first-order chi connectivity index (χ1) is 8.04. The maximum atomic E-state index is 11.4. The lowest BCUT2D eigenvalue weighted by Gasteiger charge is -2.29. The third-order valence-corrected chi connectivity index (χ3v) is 3.15. The van der Waals surface area contributed by atoms with Gasteiger partial charge in [-0.3, -0.25) is 9.59 Å². The van der Waals surface area contributed by atoms with Crippen molar-refractivity contribution in [1.29, 1.82) is 0 Å². The van der Waals surface area contributed by atoms with E-state index in [1.807, 2.05) is 0 Å². The first kappa shape index (κ1) is 14.0. The maximum absolute atomic E-state index is 11.4. The van der Waals surface area contributed by atoms with Crippen molar-refractivity contribution in [2.24, 2.45) is 5.92 Å². The second kappa shape index (κ2) is 6.59. The Hall–Kier alpha value is -1.10. The van der Waals surface area contributed by atoms with Gasteiger partial charge in [-0.05, 0) is 33.1 Å². The highest BCUT2D eigenvalue weighted by atomic mass is 16.5. The van der Waals surface area contributed by atoms with E-state index >= 15 is 0 Å². The molecule has 0 spiro atoms. The molecule has 98 valence electrons. The number of carboxylic acid groups (broad SMARTS) is 1. The summed E-state index contributed by atoms with van der Waals surface area (Å²) in [6.07, 6.45) is 3.15. The van der Waals surface area contributed by atoms with Gasteiger partial charge in [-0.15, -0.1) is 0 Å². The van der Waals surface area contributed by atoms with E-state index in [0.717, 1.165) is 19.3 Å². The van der Waals surface area contributed by atoms with Gasteiger partial charge in [0.1, 0.15) is 6.04 Å². The van der Waals surface area contributed by atoms with Gasteiger partial charge in [0, 0.05) is 6.04 Å². The van der Waals surface area contributed by atoms with Gasteiger partial charge in [-0.25, -0.2) is 0 Å². The molecule has 1 aliphatic rings. The average molecular weight is 243 g/mol. The SMILES string of the molecule is CCOC(=O)C(C)NC1CCCC(C(=O)O)C1. The quantitative estimate of drug-likeness (QED) is 0.709. The van der Waals surface area contributed by atoms with Crippen LogP contribution < -0.4 is 5.32 Å². The Morgan fingerprint density at radius 2 is 2.18 bits per heavy atom. The smallest absolute Gasteiger partial charge is 0.322 e. The van der Waals surface area contributed by atoms with E-state index in [1.54, 1.807) is 13.8 Å². The average Bonchev–Trinajstić information content (AvgIpc) is 2.29. The fourth-order valence-electron chi connectivity index (χ4n) is 2.25. The van der Waals surface area contributed by atoms with Crippen LogP contribution >= 0.6 is 0 Å². The lowest BCUT2D eigenvalue weighted by molar-refractivity contribution is -0.145. The molecule has 0 aromatic rings. The summed E-state index contributed by atoms with van der Waals surface area (Å²) in [5.74, 6) is -1.29. The van der Waals surface area contributed by atoms with Crippen LogP contribution in [0.2, 0.25) is 0 Å². The third-order valence-electron chi connectivity index (χ3n) is 3.15. The van der Waals surface area contributed by atoms with E-state index in [2.05, 4.69) is 5.32 Å². The number of carboxylic acids is 1. The van der Waals surface area contributed by atoms with Gasteiger partial charge in [0.15, 0.2) is 0 Å². The van der Waals surface area contributed by atoms with Crippen molar-refractivity contribution in [3.05, 3.63) is 0 Å². The van der Waals surface area contributed by atoms with Crippen molar-refractivity contribution in [1.82, 2.24) is 5.32 Å². The van der Waals surface area contributed by atoms with Crippen LogP contribution in [0, 0.1) is 5.92 Å². The Labute approximate surface area is 102 Å². The normalized spacial score (nSPS) is 26.2. The molecule has 17 heavy (non-hydrogen) atoms. The highest BCUT2D eigenvalue weighted by Gasteiger charge is 2.28. The first-order valence-electron chi connectivity index (χ1n) is 6.20. The summed E-state index contributed by atoms with van der Waals surface area (Å²) < 4.78 is 4.90. The van der Waals surface area contributed by atoms with Crippen molar-refractivity contribution in [2.75, 3.05) is 6.61 Å². The predicted octanol–water partition coefficient (Wildman–Crippen LogP) is 1.17. The van der Waals surface area contributed by atoms with Crippen molar-refractivity contribution in [3.63, 3.8) is 0 Å². The molecule has 1 aliphatic carbocycles. The standard InChI is InChI=1S/C12H21NO4/c1-3-17-12(16)8(2)13-10-6-4-5-9(7-10)11(14)15/h8-10,13H,3-7H2,1-2H3,(H,14,15). The van der Waals surface area contributed by atoms with Crippen LogP contribution in [0.25, 0.3) is 0 Å². The minimum atomic E-state index is -0.736. The summed E-state index contributed by atoms with van der Waals surface area (Å²) in [7, 11) is 0. The van der Waals surface area contributed by atoms with E-state index in [0.29, 0.717) is 13.0 Å². The Morgan fingerprint density at radius 1 is 1.47 bits per heavy atom. The molecule has 0 aromatic heterocycles. The van der Waals surface area contributed by atoms with Gasteiger partial charge in [0.2, 0.25) is 0 Å². The number of hydrogen-bond donors (Lipinski definition) is 2. The van der Waals surface area contributed by atoms with E-state index in [9.17, 15) is 9.59 Å². The number of ether oxygens (including phenoxy) is 1. The van der Waals surface area contributed by atoms with Crippen LogP contribution in [0.15, 0.2) is 0 Å². The van der Waals surface area contributed by atoms with Gasteiger partial charge in [-0.1, -0.05) is 6.42 Å². The molecule has 1 fully saturated rings. The summed E-state index contributed by atoms with van der Waals surface area (Å²) >= 11 is 0. The van der Waals surface area contributed by atoms with Crippen LogP contribution in [0.5, 0.6) is 0 Å². The summed E-state index contributed by atoms with van der Waals surface area (Å²) in [6, 6.07) is -0.267. The molecule has 1 saturated carbocycles. The molecule has 3 atom stereocenters. The monoisotopic (exact) mass is 243 g/mol. The Kier molecular flexibility index (Phi) is 5.41. The zero-order chi connectivity index (χ0) is 12.8. The molecule has 3 unspecified atom stereocenters. The topological polar surface area (TPSA) is 75.6 Å². The third kappa shape index (κ3) is 4.34. The second-order valence-electron chi connectivity index (χ2n) is 4.54. The Bertz CT molecular complexity index is 280. The number of carbonyl (C=O) groups excluding carboxylic acids is 1. The molecule has 0 bridgehead atoms. The summed E-state index contributed by atoms with van der Waals surface area (Å²) in [4.78, 5) is 22.3. The maximum Gasteiger partial charge on any atom is 0.322 e. The number of carbonyl (C=O) groups is 2. The molecule has 0 radical (unpaired) electrons. The van der Waals surface area contributed by atoms with Crippen LogP contribution in [-0.4, -0.2) is 35.7 Å². The van der Waals surface area contributed by atoms with Gasteiger partial charge in [0.25, 0.3) is 0 Å². The minimum Gasteiger partial charge on any atom is -0.481 e. The molecular weight excluding hydrogens is 222 g/mol. The molecule has 5 heteroatoms. The second-order valence-corrected chi connectivity index (χ2v) is 4.54. The fraction of sp³-hybridized carbons (Fsp3) is 0.833. The number of aliphatic carboxylic acids is 1. The highest BCUT2D eigenvalue weighted by molar-refractivity contribution is 5.75. The zero-order valence-electron chi connectivity index (χ0n) is 10.4. The van der Waals surface area contributed by atoms with Gasteiger partial charge >= 0.3 is 11.9 Å². The number of rotatable bonds is 5. The van der Waals surface area contributed by atoms with Crippen molar-refractivity contribution in [3.8, 4) is 0 Å². The highest BCUT2D eigenvalue weighted by Crippen LogP contribution is 2.24. The molecular formula is C12H21NO4. The van der Waals surface area contributed by atoms with Crippen LogP contribution in [0.3, 0.4) is 0 Å². The lowest BCUT2D eigenvalue weighted by atomic mass is 9.85. The van der Waals surface area contributed by atoms with E-state index in [4.69, 9.17) is 9.84 Å². The first-order valence-corrected chi connectivity index (χ1v) is 6.20. The Morgan fingerprint density at radius 3 is 2.76 bits per heavy atom. The number of esters is 1. The molecule has 0 aliphatic heterocycles. The zero-order valence-corrected chi connectivity index (χ0v) is 10.4. The molecule has 5 nitrogen and oxygen atoms in total. The predicted molar refractivity (Wildman–Crippen MR) is 62.6 cm³/mol. The lowest BCUT2D eigenvalue weighted by Crippen LogP contribution is -2.45. The van der Waals surface area contributed by atoms with Crippen LogP contribution in [0.1, 0.15) is 39.5 Å². The number of hydrogen-bond acceptors (Lipinski definition) is 4. The van der Waals surface area contributed by atoms with E-state index in [1.165, 1.54) is 0 Å². The molecule has 2 N–H and O–H groups in total. The summed E-state index contributed by atoms with van der Waals surface area (Å²) in [6.45, 7) is 3.89. The summed E-state index contributed by atoms with van der Waals surface area (Å²) in [5.41, 5.74) is 0. The molecule has 0 amide bonds. The van der Waals surface area contributed by atoms with Gasteiger partial charge in [-0.2, -0.15) is 0 Å². The van der Waals surface area contributed by atoms with Crippen molar-refractivity contribution in [2.45, 2.75) is 51.6 Å². The van der Waals surface area contributed by atoms with Crippen LogP contribution in [0.4, 0.5) is 0 Å². The Balaban J connectivity index is 2.40. The molecule has 0 heterocycles. The largest absolute Gasteiger partial charge is 0.481 e. The van der Waals surface area contributed by atoms with E-state index < -0.39 is 5.97 Å². The van der Waals surface area contributed by atoms with E-state index in [-0.39, 0.29) is 24.0 Å². The van der Waals surface area contributed by atoms with Crippen molar-refractivity contribution >= 4 is 11.9 Å². The fourth-order valence-corrected chi connectivity index (χ4v) is 2.25. The minimum absolute atomic E-state index is 0.101. The summed E-state index contributed by atoms with van der Waals surface area (Å²) in [5, 5.41) is 12.1. The molecule has 0 saturated heterocycles. The molecule has 0 aromatic carbocycles. The van der Waals surface area contributed by atoms with Gasteiger partial charge < -0.3 is 15.2 Å². The van der Waals surface area contributed by atoms with Gasteiger partial charge in [0.05, 0.1) is 12.5 Å². The number of nitrogens with one attached hydrogen (secondary N) is 1. The molecule has 1 rings (SSSR count). The van der Waals surface area contributed by atoms with Crippen LogP contribution in [-0.2, 0) is 14.3 Å².